The number of aromatic hydroxyl groups is 1. The number of phenols is 1. The molecule has 0 amide bonds. The first kappa shape index (κ1) is 11.5. The topological polar surface area (TPSA) is 87.0 Å². The average molecular weight is 212 g/mol. The zero-order chi connectivity index (χ0) is 11.4. The number of aliphatic hydroxyl groups is 1. The first-order valence-electron chi connectivity index (χ1n) is 4.28. The zero-order valence-electron chi connectivity index (χ0n) is 8.17. The van der Waals surface area contributed by atoms with Crippen molar-refractivity contribution in [2.45, 2.75) is 12.7 Å². The molecule has 15 heavy (non-hydrogen) atoms. The summed E-state index contributed by atoms with van der Waals surface area (Å²) in [6.45, 7) is 0.231. The Balaban J connectivity index is 2.95. The van der Waals surface area contributed by atoms with Crippen molar-refractivity contribution in [3.05, 3.63) is 29.3 Å². The van der Waals surface area contributed by atoms with Gasteiger partial charge in [-0.15, -0.1) is 0 Å². The number of carbonyl (C=O) groups is 1. The minimum Gasteiger partial charge on any atom is -0.508 e. The molecule has 0 saturated heterocycles. The van der Waals surface area contributed by atoms with Crippen molar-refractivity contribution < 1.29 is 24.9 Å². The number of phenolic OH excluding ortho intramolecular Hbond substituents is 1. The number of carboxylic acid groups (broad SMARTS) is 1. The highest BCUT2D eigenvalue weighted by molar-refractivity contribution is 5.74. The quantitative estimate of drug-likeness (QED) is 0.682. The lowest BCUT2D eigenvalue weighted by Crippen LogP contribution is -2.10. The third kappa shape index (κ3) is 2.68. The molecule has 82 valence electrons. The van der Waals surface area contributed by atoms with E-state index < -0.39 is 12.1 Å². The second-order valence-corrected chi connectivity index (χ2v) is 3.06. The molecule has 1 aromatic carbocycles. The van der Waals surface area contributed by atoms with E-state index in [0.717, 1.165) is 0 Å². The van der Waals surface area contributed by atoms with E-state index in [0.29, 0.717) is 5.56 Å². The molecule has 0 spiro atoms. The van der Waals surface area contributed by atoms with Crippen molar-refractivity contribution in [1.82, 2.24) is 0 Å². The minimum atomic E-state index is -1.62. The summed E-state index contributed by atoms with van der Waals surface area (Å²) in [4.78, 5) is 10.5. The Morgan fingerprint density at radius 1 is 1.53 bits per heavy atom. The summed E-state index contributed by atoms with van der Waals surface area (Å²) in [5, 5.41) is 27.2. The van der Waals surface area contributed by atoms with Gasteiger partial charge in [0.15, 0.2) is 6.10 Å². The van der Waals surface area contributed by atoms with Crippen LogP contribution < -0.4 is 0 Å². The van der Waals surface area contributed by atoms with Gasteiger partial charge in [-0.25, -0.2) is 4.79 Å². The Kier molecular flexibility index (Phi) is 3.65. The molecule has 0 fully saturated rings. The molecule has 1 unspecified atom stereocenters. The van der Waals surface area contributed by atoms with Crippen molar-refractivity contribution in [2.24, 2.45) is 0 Å². The lowest BCUT2D eigenvalue weighted by atomic mass is 10.1. The van der Waals surface area contributed by atoms with Gasteiger partial charge < -0.3 is 20.1 Å². The van der Waals surface area contributed by atoms with E-state index in [1.165, 1.54) is 25.3 Å². The van der Waals surface area contributed by atoms with Crippen LogP contribution in [0.25, 0.3) is 0 Å². The van der Waals surface area contributed by atoms with Crippen LogP contribution in [0.4, 0.5) is 0 Å². The summed E-state index contributed by atoms with van der Waals surface area (Å²) >= 11 is 0. The molecule has 0 radical (unpaired) electrons. The third-order valence-electron chi connectivity index (χ3n) is 1.96. The Labute approximate surface area is 86.5 Å². The highest BCUT2D eigenvalue weighted by Crippen LogP contribution is 2.23. The lowest BCUT2D eigenvalue weighted by Gasteiger charge is -2.08. The molecule has 0 heterocycles. The monoisotopic (exact) mass is 212 g/mol. The van der Waals surface area contributed by atoms with Crippen LogP contribution in [-0.2, 0) is 16.1 Å². The van der Waals surface area contributed by atoms with Gasteiger partial charge in [0.05, 0.1) is 6.61 Å². The molecular weight excluding hydrogens is 200 g/mol. The molecule has 1 rings (SSSR count). The van der Waals surface area contributed by atoms with E-state index in [9.17, 15) is 15.0 Å². The molecular formula is C10H12O5. The fourth-order valence-electron chi connectivity index (χ4n) is 1.17. The van der Waals surface area contributed by atoms with E-state index in [1.54, 1.807) is 0 Å². The lowest BCUT2D eigenvalue weighted by molar-refractivity contribution is -0.146. The third-order valence-corrected chi connectivity index (χ3v) is 1.96. The molecule has 0 aliphatic heterocycles. The van der Waals surface area contributed by atoms with Crippen LogP contribution in [0.3, 0.4) is 0 Å². The fourth-order valence-corrected chi connectivity index (χ4v) is 1.17. The van der Waals surface area contributed by atoms with Crippen LogP contribution in [0.5, 0.6) is 5.75 Å². The number of hydrogen-bond acceptors (Lipinski definition) is 4. The molecule has 5 nitrogen and oxygen atoms in total. The number of hydrogen-bond donors (Lipinski definition) is 3. The summed E-state index contributed by atoms with van der Waals surface area (Å²) in [7, 11) is 1.49. The van der Waals surface area contributed by atoms with Gasteiger partial charge >= 0.3 is 5.97 Å². The van der Waals surface area contributed by atoms with Crippen molar-refractivity contribution in [3.8, 4) is 5.75 Å². The maximum Gasteiger partial charge on any atom is 0.337 e. The van der Waals surface area contributed by atoms with Gasteiger partial charge in [-0.3, -0.25) is 0 Å². The number of carboxylic acids is 1. The van der Waals surface area contributed by atoms with Gasteiger partial charge in [0.1, 0.15) is 5.75 Å². The van der Waals surface area contributed by atoms with Crippen molar-refractivity contribution >= 4 is 5.97 Å². The van der Waals surface area contributed by atoms with E-state index >= 15 is 0 Å². The van der Waals surface area contributed by atoms with Crippen LogP contribution in [0.2, 0.25) is 0 Å². The molecule has 5 heteroatoms. The van der Waals surface area contributed by atoms with Crippen LogP contribution in [0, 0.1) is 0 Å². The Hall–Kier alpha value is -1.59. The van der Waals surface area contributed by atoms with Crippen molar-refractivity contribution in [2.75, 3.05) is 7.11 Å². The van der Waals surface area contributed by atoms with Crippen LogP contribution >= 0.6 is 0 Å². The fraction of sp³-hybridized carbons (Fsp3) is 0.300. The minimum absolute atomic E-state index is 0.0883. The molecule has 1 aromatic rings. The molecule has 3 N–H and O–H groups in total. The summed E-state index contributed by atoms with van der Waals surface area (Å²) in [6.07, 6.45) is -1.62. The van der Waals surface area contributed by atoms with Gasteiger partial charge in [-0.1, -0.05) is 12.1 Å². The smallest absolute Gasteiger partial charge is 0.337 e. The summed E-state index contributed by atoms with van der Waals surface area (Å²) in [6, 6.07) is 4.17. The molecule has 0 aliphatic rings. The Bertz CT molecular complexity index is 361. The summed E-state index contributed by atoms with van der Waals surface area (Å²) in [5.41, 5.74) is 0.679. The normalized spacial score (nSPS) is 12.4. The van der Waals surface area contributed by atoms with Crippen molar-refractivity contribution in [3.63, 3.8) is 0 Å². The highest BCUT2D eigenvalue weighted by Gasteiger charge is 2.16. The van der Waals surface area contributed by atoms with E-state index in [2.05, 4.69) is 0 Å². The van der Waals surface area contributed by atoms with Crippen LogP contribution in [0.15, 0.2) is 18.2 Å². The zero-order valence-corrected chi connectivity index (χ0v) is 8.17. The largest absolute Gasteiger partial charge is 0.508 e. The number of benzene rings is 1. The van der Waals surface area contributed by atoms with E-state index in [4.69, 9.17) is 9.84 Å². The predicted octanol–water partition coefficient (Wildman–Crippen LogP) is 0.657. The van der Waals surface area contributed by atoms with Crippen molar-refractivity contribution in [1.29, 1.82) is 0 Å². The van der Waals surface area contributed by atoms with Gasteiger partial charge in [-0.2, -0.15) is 0 Å². The first-order chi connectivity index (χ1) is 7.06. The van der Waals surface area contributed by atoms with Crippen LogP contribution in [0.1, 0.15) is 17.2 Å². The molecule has 0 bridgehead atoms. The van der Waals surface area contributed by atoms with Gasteiger partial charge in [-0.05, 0) is 11.6 Å². The number of aliphatic carboxylic acids is 1. The average Bonchev–Trinajstić information content (AvgIpc) is 2.20. The second kappa shape index (κ2) is 4.77. The highest BCUT2D eigenvalue weighted by atomic mass is 16.5. The number of rotatable bonds is 4. The molecule has 0 aliphatic carbocycles. The molecule has 0 saturated carbocycles. The molecule has 0 aromatic heterocycles. The standard InChI is InChI=1S/C10H12O5/c1-15-5-7-3-2-6(4-8(7)11)9(12)10(13)14/h2-4,9,11-12H,5H2,1H3,(H,13,14). The van der Waals surface area contributed by atoms with E-state index in [-0.39, 0.29) is 17.9 Å². The SMILES string of the molecule is COCc1ccc(C(O)C(=O)O)cc1O. The Morgan fingerprint density at radius 3 is 2.67 bits per heavy atom. The predicted molar refractivity (Wildman–Crippen MR) is 51.4 cm³/mol. The maximum atomic E-state index is 10.5. The van der Waals surface area contributed by atoms with Gasteiger partial charge in [0.2, 0.25) is 0 Å². The van der Waals surface area contributed by atoms with Gasteiger partial charge in [0.25, 0.3) is 0 Å². The number of ether oxygens (including phenoxy) is 1. The number of methoxy groups -OCH3 is 1. The van der Waals surface area contributed by atoms with Crippen LogP contribution in [-0.4, -0.2) is 28.4 Å². The summed E-state index contributed by atoms with van der Waals surface area (Å²) < 4.78 is 4.82. The maximum absolute atomic E-state index is 10.5. The second-order valence-electron chi connectivity index (χ2n) is 3.06. The first-order valence-corrected chi connectivity index (χ1v) is 4.28. The molecule has 1 atom stereocenters. The van der Waals surface area contributed by atoms with E-state index in [1.807, 2.05) is 0 Å². The Morgan fingerprint density at radius 2 is 2.20 bits per heavy atom. The van der Waals surface area contributed by atoms with Gasteiger partial charge in [0, 0.05) is 12.7 Å². The number of aliphatic hydroxyl groups excluding tert-OH is 1. The summed E-state index contributed by atoms with van der Waals surface area (Å²) in [5.74, 6) is -1.44.